The normalized spacial score (nSPS) is 11.2. The van der Waals surface area contributed by atoms with Crippen LogP contribution in [0, 0.1) is 12.7 Å². The summed E-state index contributed by atoms with van der Waals surface area (Å²) in [6.45, 7) is 2.90. The van der Waals surface area contributed by atoms with Crippen molar-refractivity contribution in [3.05, 3.63) is 93.7 Å². The van der Waals surface area contributed by atoms with Crippen LogP contribution in [0.25, 0.3) is 16.7 Å². The van der Waals surface area contributed by atoms with Gasteiger partial charge in [0, 0.05) is 24.0 Å². The number of halogens is 1. The fourth-order valence-corrected chi connectivity index (χ4v) is 3.09. The molecule has 0 atom stereocenters. The number of nitrogens with zero attached hydrogens (tertiary/aromatic N) is 2. The van der Waals surface area contributed by atoms with E-state index in [2.05, 4.69) is 15.4 Å². The number of fused-ring (bicyclic) bond motifs is 1. The molecule has 2 N–H and O–H groups in total. The molecule has 0 bridgehead atoms. The lowest BCUT2D eigenvalue weighted by Crippen LogP contribution is -2.21. The van der Waals surface area contributed by atoms with Crippen LogP contribution in [0.15, 0.2) is 65.5 Å². The highest BCUT2D eigenvalue weighted by atomic mass is 19.1. The third kappa shape index (κ3) is 3.52. The van der Waals surface area contributed by atoms with E-state index in [1.165, 1.54) is 12.1 Å². The number of hydrogen-bond donors (Lipinski definition) is 2. The molecule has 4 rings (SSSR count). The van der Waals surface area contributed by atoms with E-state index in [0.29, 0.717) is 24.3 Å². The van der Waals surface area contributed by atoms with Crippen molar-refractivity contribution in [2.24, 2.45) is 0 Å². The molecule has 4 aromatic rings. The molecule has 0 fully saturated rings. The van der Waals surface area contributed by atoms with Gasteiger partial charge in [-0.05, 0) is 42.8 Å². The van der Waals surface area contributed by atoms with Crippen molar-refractivity contribution >= 4 is 11.0 Å². The van der Waals surface area contributed by atoms with Gasteiger partial charge in [0.05, 0.1) is 11.4 Å². The van der Waals surface area contributed by atoms with Gasteiger partial charge in [-0.15, -0.1) is 0 Å². The average molecular weight is 362 g/mol. The lowest BCUT2D eigenvalue weighted by Gasteiger charge is -2.06. The van der Waals surface area contributed by atoms with Crippen molar-refractivity contribution < 1.29 is 4.39 Å². The summed E-state index contributed by atoms with van der Waals surface area (Å²) in [6.07, 6.45) is 0. The number of hydrogen-bond acceptors (Lipinski definition) is 3. The van der Waals surface area contributed by atoms with Gasteiger partial charge in [-0.3, -0.25) is 4.79 Å². The smallest absolute Gasteiger partial charge is 0.254 e. The molecule has 2 heterocycles. The fourth-order valence-electron chi connectivity index (χ4n) is 3.09. The molecular weight excluding hydrogens is 343 g/mol. The number of para-hydroxylation sites is 1. The summed E-state index contributed by atoms with van der Waals surface area (Å²) >= 11 is 0. The first-order valence-electron chi connectivity index (χ1n) is 8.74. The van der Waals surface area contributed by atoms with Gasteiger partial charge in [0.25, 0.3) is 5.56 Å². The zero-order valence-electron chi connectivity index (χ0n) is 14.9. The third-order valence-corrected chi connectivity index (χ3v) is 4.51. The number of aryl methyl sites for hydroxylation is 1. The van der Waals surface area contributed by atoms with Gasteiger partial charge in [-0.1, -0.05) is 30.3 Å². The molecule has 0 aliphatic carbocycles. The minimum atomic E-state index is -0.258. The topological polar surface area (TPSA) is 62.7 Å². The Hall–Kier alpha value is -3.25. The van der Waals surface area contributed by atoms with Crippen molar-refractivity contribution in [3.63, 3.8) is 0 Å². The Bertz CT molecular complexity index is 1130. The molecule has 136 valence electrons. The van der Waals surface area contributed by atoms with Crippen molar-refractivity contribution in [1.29, 1.82) is 0 Å². The Labute approximate surface area is 155 Å². The number of nitrogens with one attached hydrogen (secondary N) is 2. The molecule has 6 heteroatoms. The van der Waals surface area contributed by atoms with E-state index in [1.807, 2.05) is 43.3 Å². The molecule has 0 unspecified atom stereocenters. The summed E-state index contributed by atoms with van der Waals surface area (Å²) in [5, 5.41) is 8.71. The molecule has 0 spiro atoms. The molecule has 0 amide bonds. The fraction of sp³-hybridized carbons (Fsp3) is 0.143. The Morgan fingerprint density at radius 1 is 1.07 bits per heavy atom. The first kappa shape index (κ1) is 17.2. The largest absolute Gasteiger partial charge is 0.308 e. The standard InChI is InChI=1S/C21H19FN4O/c1-14-19-11-16(13-23-12-15-7-9-17(22)10-8-15)21(27)24-20(19)26(25-14)18-5-3-2-4-6-18/h2-11,23H,12-13H2,1H3,(H,24,27). The van der Waals surface area contributed by atoms with E-state index >= 15 is 0 Å². The maximum atomic E-state index is 13.0. The lowest BCUT2D eigenvalue weighted by molar-refractivity contribution is 0.624. The molecule has 0 saturated heterocycles. The summed E-state index contributed by atoms with van der Waals surface area (Å²) in [7, 11) is 0. The van der Waals surface area contributed by atoms with E-state index < -0.39 is 0 Å². The highest BCUT2D eigenvalue weighted by Gasteiger charge is 2.12. The lowest BCUT2D eigenvalue weighted by atomic mass is 10.2. The zero-order valence-corrected chi connectivity index (χ0v) is 14.9. The number of benzene rings is 2. The molecule has 2 aromatic heterocycles. The zero-order chi connectivity index (χ0) is 18.8. The van der Waals surface area contributed by atoms with Crippen LogP contribution in [0.3, 0.4) is 0 Å². The number of aromatic amines is 1. The Morgan fingerprint density at radius 2 is 1.81 bits per heavy atom. The van der Waals surface area contributed by atoms with Crippen LogP contribution < -0.4 is 10.9 Å². The number of pyridine rings is 1. The van der Waals surface area contributed by atoms with Crippen LogP contribution >= 0.6 is 0 Å². The molecular formula is C21H19FN4O. The summed E-state index contributed by atoms with van der Waals surface area (Å²) < 4.78 is 14.7. The van der Waals surface area contributed by atoms with E-state index in [1.54, 1.807) is 16.8 Å². The number of rotatable bonds is 5. The predicted octanol–water partition coefficient (Wildman–Crippen LogP) is 3.45. The first-order chi connectivity index (χ1) is 13.1. The quantitative estimate of drug-likeness (QED) is 0.572. The van der Waals surface area contributed by atoms with Crippen LogP contribution in [-0.4, -0.2) is 14.8 Å². The van der Waals surface area contributed by atoms with Gasteiger partial charge in [-0.25, -0.2) is 9.07 Å². The maximum Gasteiger partial charge on any atom is 0.254 e. The van der Waals surface area contributed by atoms with E-state index in [4.69, 9.17) is 0 Å². The van der Waals surface area contributed by atoms with Gasteiger partial charge >= 0.3 is 0 Å². The second-order valence-electron chi connectivity index (χ2n) is 6.45. The van der Waals surface area contributed by atoms with E-state index in [0.717, 1.165) is 22.3 Å². The maximum absolute atomic E-state index is 13.0. The van der Waals surface area contributed by atoms with Gasteiger partial charge in [0.2, 0.25) is 0 Å². The molecule has 5 nitrogen and oxygen atoms in total. The molecule has 0 aliphatic rings. The Morgan fingerprint density at radius 3 is 2.56 bits per heavy atom. The van der Waals surface area contributed by atoms with Gasteiger partial charge in [-0.2, -0.15) is 5.10 Å². The van der Waals surface area contributed by atoms with Gasteiger partial charge < -0.3 is 10.3 Å². The minimum Gasteiger partial charge on any atom is -0.308 e. The summed E-state index contributed by atoms with van der Waals surface area (Å²) in [4.78, 5) is 15.5. The number of aromatic nitrogens is 3. The Kier molecular flexibility index (Phi) is 4.56. The molecule has 2 aromatic carbocycles. The van der Waals surface area contributed by atoms with Gasteiger partial charge in [0.1, 0.15) is 11.5 Å². The van der Waals surface area contributed by atoms with E-state index in [-0.39, 0.29) is 11.4 Å². The Balaban J connectivity index is 1.59. The van der Waals surface area contributed by atoms with E-state index in [9.17, 15) is 9.18 Å². The van der Waals surface area contributed by atoms with Crippen LogP contribution in [0.2, 0.25) is 0 Å². The average Bonchev–Trinajstić information content (AvgIpc) is 3.00. The van der Waals surface area contributed by atoms with Crippen LogP contribution in [0.1, 0.15) is 16.8 Å². The molecule has 0 aliphatic heterocycles. The second-order valence-corrected chi connectivity index (χ2v) is 6.45. The number of H-pyrrole nitrogens is 1. The predicted molar refractivity (Wildman–Crippen MR) is 103 cm³/mol. The highest BCUT2D eigenvalue weighted by molar-refractivity contribution is 5.80. The second kappa shape index (κ2) is 7.17. The van der Waals surface area contributed by atoms with Crippen LogP contribution in [0.4, 0.5) is 4.39 Å². The van der Waals surface area contributed by atoms with Crippen molar-refractivity contribution in [2.45, 2.75) is 20.0 Å². The first-order valence-corrected chi connectivity index (χ1v) is 8.74. The van der Waals surface area contributed by atoms with Crippen LogP contribution in [-0.2, 0) is 13.1 Å². The third-order valence-electron chi connectivity index (χ3n) is 4.51. The SMILES string of the molecule is Cc1nn(-c2ccccc2)c2[nH]c(=O)c(CNCc3ccc(F)cc3)cc12. The van der Waals surface area contributed by atoms with Crippen LogP contribution in [0.5, 0.6) is 0 Å². The van der Waals surface area contributed by atoms with Crippen molar-refractivity contribution in [2.75, 3.05) is 0 Å². The van der Waals surface area contributed by atoms with Gasteiger partial charge in [0.15, 0.2) is 0 Å². The molecule has 0 radical (unpaired) electrons. The monoisotopic (exact) mass is 362 g/mol. The molecule has 27 heavy (non-hydrogen) atoms. The molecule has 0 saturated carbocycles. The van der Waals surface area contributed by atoms with Crippen molar-refractivity contribution in [1.82, 2.24) is 20.1 Å². The van der Waals surface area contributed by atoms with Crippen molar-refractivity contribution in [3.8, 4) is 5.69 Å². The summed E-state index contributed by atoms with van der Waals surface area (Å²) in [5.74, 6) is -0.258. The summed E-state index contributed by atoms with van der Waals surface area (Å²) in [5.41, 5.74) is 3.89. The summed E-state index contributed by atoms with van der Waals surface area (Å²) in [6, 6.07) is 17.9. The minimum absolute atomic E-state index is 0.147. The highest BCUT2D eigenvalue weighted by Crippen LogP contribution is 2.19.